The number of halogens is 1. The number of pyridine rings is 1. The zero-order valence-electron chi connectivity index (χ0n) is 17.1. The number of methoxy groups -OCH3 is 1. The zero-order valence-corrected chi connectivity index (χ0v) is 18.7. The van der Waals surface area contributed by atoms with E-state index in [1.165, 1.54) is 0 Å². The smallest absolute Gasteiger partial charge is 0.306 e. The average Bonchev–Trinajstić information content (AvgIpc) is 3.21. The lowest BCUT2D eigenvalue weighted by molar-refractivity contribution is -0.142. The van der Waals surface area contributed by atoms with Crippen LogP contribution in [0, 0.1) is 5.92 Å². The first-order valence-electron chi connectivity index (χ1n) is 10.1. The summed E-state index contributed by atoms with van der Waals surface area (Å²) < 4.78 is 12.8. The van der Waals surface area contributed by atoms with E-state index in [0.717, 1.165) is 29.7 Å². The molecule has 1 fully saturated rings. The molecular formula is C21H24BrN5O4. The van der Waals surface area contributed by atoms with Crippen molar-refractivity contribution >= 4 is 33.4 Å². The summed E-state index contributed by atoms with van der Waals surface area (Å²) in [6, 6.07) is 3.70. The minimum absolute atomic E-state index is 0.148. The lowest BCUT2D eigenvalue weighted by atomic mass is 9.80. The van der Waals surface area contributed by atoms with Crippen LogP contribution in [0.25, 0.3) is 16.8 Å². The number of fused-ring (bicyclic) bond motifs is 1. The topological polar surface area (TPSA) is 125 Å². The Bertz CT molecular complexity index is 1080. The number of nitrogen functional groups attached to an aromatic ring is 1. The second-order valence-corrected chi connectivity index (χ2v) is 8.40. The normalized spacial score (nSPS) is 18.9. The van der Waals surface area contributed by atoms with Gasteiger partial charge >= 0.3 is 5.97 Å². The van der Waals surface area contributed by atoms with Crippen LogP contribution in [0.4, 0.5) is 5.82 Å². The summed E-state index contributed by atoms with van der Waals surface area (Å²) >= 11 is 3.58. The van der Waals surface area contributed by atoms with Crippen LogP contribution in [0.15, 0.2) is 29.0 Å². The van der Waals surface area contributed by atoms with Crippen LogP contribution in [0.1, 0.15) is 37.3 Å². The first kappa shape index (κ1) is 21.5. The van der Waals surface area contributed by atoms with E-state index >= 15 is 0 Å². The van der Waals surface area contributed by atoms with Crippen molar-refractivity contribution < 1.29 is 19.4 Å². The number of hydrogen-bond acceptors (Lipinski definition) is 7. The van der Waals surface area contributed by atoms with Crippen molar-refractivity contribution in [3.8, 4) is 17.0 Å². The predicted octanol–water partition coefficient (Wildman–Crippen LogP) is 3.52. The van der Waals surface area contributed by atoms with Crippen LogP contribution < -0.4 is 10.5 Å². The molecule has 0 unspecified atom stereocenters. The molecule has 10 heteroatoms. The maximum Gasteiger partial charge on any atom is 0.306 e. The first-order chi connectivity index (χ1) is 15.0. The van der Waals surface area contributed by atoms with Gasteiger partial charge in [0.15, 0.2) is 5.65 Å². The molecule has 4 rings (SSSR count). The van der Waals surface area contributed by atoms with Gasteiger partial charge in [0.25, 0.3) is 0 Å². The summed E-state index contributed by atoms with van der Waals surface area (Å²) in [7, 11) is 1.62. The molecule has 3 heterocycles. The largest absolute Gasteiger partial charge is 0.481 e. The fourth-order valence-electron chi connectivity index (χ4n) is 3.96. The van der Waals surface area contributed by atoms with Crippen molar-refractivity contribution in [2.24, 2.45) is 5.92 Å². The average molecular weight is 490 g/mol. The lowest BCUT2D eigenvalue weighted by Crippen LogP contribution is -2.21. The first-order valence-corrected chi connectivity index (χ1v) is 10.9. The SMILES string of the molecule is COCCOc1ccc(-c2cnn3c(N)c(Br)c([C@H]4CC[C@H](C(=O)O)CC4)nc23)cn1. The molecule has 0 aliphatic heterocycles. The summed E-state index contributed by atoms with van der Waals surface area (Å²) in [4.78, 5) is 20.5. The summed E-state index contributed by atoms with van der Waals surface area (Å²) in [6.45, 7) is 0.922. The van der Waals surface area contributed by atoms with Crippen molar-refractivity contribution in [3.05, 3.63) is 34.7 Å². The second kappa shape index (κ2) is 9.19. The van der Waals surface area contributed by atoms with Gasteiger partial charge in [-0.1, -0.05) is 0 Å². The quantitative estimate of drug-likeness (QED) is 0.482. The van der Waals surface area contributed by atoms with Crippen molar-refractivity contribution in [1.29, 1.82) is 0 Å². The number of aliphatic carboxylic acids is 1. The van der Waals surface area contributed by atoms with E-state index < -0.39 is 5.97 Å². The monoisotopic (exact) mass is 489 g/mol. The number of nitrogens with zero attached hydrogens (tertiary/aromatic N) is 4. The summed E-state index contributed by atoms with van der Waals surface area (Å²) in [6.07, 6.45) is 6.24. The standard InChI is InChI=1S/C21H24BrN5O4/c1-30-8-9-31-16-7-6-14(10-24-16)15-11-25-27-19(23)17(22)18(26-20(15)27)12-2-4-13(5-3-12)21(28)29/h6-7,10-13H,2-5,8-9,23H2,1H3,(H,28,29)/t12-,13-. The maximum atomic E-state index is 11.3. The zero-order chi connectivity index (χ0) is 22.0. The molecule has 1 aliphatic rings. The molecule has 3 N–H and O–H groups in total. The summed E-state index contributed by atoms with van der Waals surface area (Å²) in [5, 5.41) is 13.7. The Kier molecular flexibility index (Phi) is 6.38. The number of carboxylic acids is 1. The highest BCUT2D eigenvalue weighted by Gasteiger charge is 2.30. The van der Waals surface area contributed by atoms with E-state index in [1.807, 2.05) is 6.07 Å². The van der Waals surface area contributed by atoms with Gasteiger partial charge in [-0.15, -0.1) is 0 Å². The van der Waals surface area contributed by atoms with Crippen molar-refractivity contribution in [3.63, 3.8) is 0 Å². The Morgan fingerprint density at radius 1 is 1.26 bits per heavy atom. The van der Waals surface area contributed by atoms with E-state index in [2.05, 4.69) is 26.0 Å². The van der Waals surface area contributed by atoms with Gasteiger partial charge in [-0.2, -0.15) is 9.61 Å². The molecule has 31 heavy (non-hydrogen) atoms. The fraction of sp³-hybridized carbons (Fsp3) is 0.429. The van der Waals surface area contributed by atoms with Gasteiger partial charge in [0.2, 0.25) is 5.88 Å². The van der Waals surface area contributed by atoms with E-state index in [9.17, 15) is 9.90 Å². The van der Waals surface area contributed by atoms with Gasteiger partial charge < -0.3 is 20.3 Å². The Balaban J connectivity index is 1.64. The number of carbonyl (C=O) groups is 1. The van der Waals surface area contributed by atoms with Gasteiger partial charge in [-0.05, 0) is 47.7 Å². The predicted molar refractivity (Wildman–Crippen MR) is 118 cm³/mol. The third-order valence-corrected chi connectivity index (χ3v) is 6.51. The van der Waals surface area contributed by atoms with Crippen LogP contribution in [0.3, 0.4) is 0 Å². The molecule has 0 aromatic carbocycles. The minimum atomic E-state index is -0.722. The van der Waals surface area contributed by atoms with Gasteiger partial charge in [0.1, 0.15) is 12.4 Å². The van der Waals surface area contributed by atoms with E-state index in [-0.39, 0.29) is 11.8 Å². The molecule has 0 atom stereocenters. The van der Waals surface area contributed by atoms with Crippen molar-refractivity contribution in [1.82, 2.24) is 19.6 Å². The highest BCUT2D eigenvalue weighted by Crippen LogP contribution is 2.40. The third kappa shape index (κ3) is 4.35. The van der Waals surface area contributed by atoms with E-state index in [1.54, 1.807) is 30.1 Å². The molecule has 3 aromatic heterocycles. The number of hydrogen-bond donors (Lipinski definition) is 2. The number of ether oxygens (including phenoxy) is 2. The Morgan fingerprint density at radius 3 is 2.68 bits per heavy atom. The number of anilines is 1. The van der Waals surface area contributed by atoms with Gasteiger partial charge in [-0.3, -0.25) is 4.79 Å². The molecule has 0 radical (unpaired) electrons. The second-order valence-electron chi connectivity index (χ2n) is 7.60. The van der Waals surface area contributed by atoms with Crippen LogP contribution in [0.5, 0.6) is 5.88 Å². The van der Waals surface area contributed by atoms with Crippen molar-refractivity contribution in [2.45, 2.75) is 31.6 Å². The van der Waals surface area contributed by atoms with Crippen molar-refractivity contribution in [2.75, 3.05) is 26.1 Å². The molecule has 0 saturated heterocycles. The van der Waals surface area contributed by atoms with Crippen LogP contribution >= 0.6 is 15.9 Å². The van der Waals surface area contributed by atoms with E-state index in [4.69, 9.17) is 20.2 Å². The molecule has 0 amide bonds. The number of aromatic nitrogens is 4. The summed E-state index contributed by atoms with van der Waals surface area (Å²) in [5.41, 5.74) is 9.52. The van der Waals surface area contributed by atoms with Gasteiger partial charge in [-0.25, -0.2) is 9.97 Å². The van der Waals surface area contributed by atoms with Gasteiger partial charge in [0, 0.05) is 36.4 Å². The summed E-state index contributed by atoms with van der Waals surface area (Å²) in [5.74, 6) is 0.134. The molecule has 1 aliphatic carbocycles. The molecule has 0 bridgehead atoms. The number of carboxylic acid groups (broad SMARTS) is 1. The van der Waals surface area contributed by atoms with E-state index in [0.29, 0.717) is 47.9 Å². The van der Waals surface area contributed by atoms with Gasteiger partial charge in [0.05, 0.1) is 28.9 Å². The molecule has 0 spiro atoms. The third-order valence-electron chi connectivity index (χ3n) is 5.70. The Morgan fingerprint density at radius 2 is 2.03 bits per heavy atom. The lowest BCUT2D eigenvalue weighted by Gasteiger charge is -2.26. The molecular weight excluding hydrogens is 466 g/mol. The van der Waals surface area contributed by atoms with Crippen LogP contribution in [0.2, 0.25) is 0 Å². The molecule has 164 valence electrons. The Hall–Kier alpha value is -2.72. The highest BCUT2D eigenvalue weighted by atomic mass is 79.9. The molecule has 1 saturated carbocycles. The fourth-order valence-corrected chi connectivity index (χ4v) is 4.54. The molecule has 9 nitrogen and oxygen atoms in total. The Labute approximate surface area is 187 Å². The molecule has 3 aromatic rings. The van der Waals surface area contributed by atoms with Crippen LogP contribution in [-0.2, 0) is 9.53 Å². The maximum absolute atomic E-state index is 11.3. The van der Waals surface area contributed by atoms with Crippen LogP contribution in [-0.4, -0.2) is 51.0 Å². The number of nitrogens with two attached hydrogens (primary N) is 1. The minimum Gasteiger partial charge on any atom is -0.481 e. The highest BCUT2D eigenvalue weighted by molar-refractivity contribution is 9.10. The number of rotatable bonds is 7.